The normalized spacial score (nSPS) is 17.1. The van der Waals surface area contributed by atoms with Crippen LogP contribution >= 0.6 is 0 Å². The van der Waals surface area contributed by atoms with Crippen LogP contribution in [0.15, 0.2) is 43.0 Å². The van der Waals surface area contributed by atoms with Crippen LogP contribution in [0.5, 0.6) is 5.75 Å². The van der Waals surface area contributed by atoms with Crippen LogP contribution in [-0.2, 0) is 35.7 Å². The summed E-state index contributed by atoms with van der Waals surface area (Å²) in [6, 6.07) is 4.76. The number of aromatic amines is 1. The Balaban J connectivity index is 1.15. The van der Waals surface area contributed by atoms with Crippen molar-refractivity contribution in [1.29, 1.82) is 0 Å². The molecule has 0 radical (unpaired) electrons. The van der Waals surface area contributed by atoms with E-state index in [0.29, 0.717) is 25.0 Å². The third-order valence-electron chi connectivity index (χ3n) is 9.08. The lowest BCUT2D eigenvalue weighted by atomic mass is 9.77. The highest BCUT2D eigenvalue weighted by molar-refractivity contribution is 5.71. The third-order valence-corrected chi connectivity index (χ3v) is 9.08. The summed E-state index contributed by atoms with van der Waals surface area (Å²) in [6.45, 7) is 16.1. The quantitative estimate of drug-likeness (QED) is 0.229. The second-order valence-corrected chi connectivity index (χ2v) is 13.2. The van der Waals surface area contributed by atoms with Gasteiger partial charge in [-0.2, -0.15) is 0 Å². The molecule has 0 amide bonds. The first-order chi connectivity index (χ1) is 21.8. The van der Waals surface area contributed by atoms with E-state index < -0.39 is 11.8 Å². The van der Waals surface area contributed by atoms with E-state index >= 15 is 0 Å². The maximum absolute atomic E-state index is 14.5. The molecule has 2 aliphatic heterocycles. The van der Waals surface area contributed by atoms with Crippen LogP contribution in [0.1, 0.15) is 63.7 Å². The van der Waals surface area contributed by atoms with Crippen molar-refractivity contribution in [3.63, 3.8) is 0 Å². The van der Waals surface area contributed by atoms with E-state index in [0.717, 1.165) is 42.6 Å². The molecular formula is C34H50FN7O3. The summed E-state index contributed by atoms with van der Waals surface area (Å²) in [5, 5.41) is 0. The van der Waals surface area contributed by atoms with E-state index in [1.54, 1.807) is 25.3 Å². The second-order valence-electron chi connectivity index (χ2n) is 13.2. The molecule has 0 atom stereocenters. The van der Waals surface area contributed by atoms with Crippen LogP contribution in [0.25, 0.3) is 0 Å². The van der Waals surface area contributed by atoms with E-state index in [2.05, 4.69) is 49.3 Å². The molecule has 5 rings (SSSR count). The lowest BCUT2D eigenvalue weighted by Gasteiger charge is -2.40. The molecule has 11 heteroatoms. The molecule has 246 valence electrons. The lowest BCUT2D eigenvalue weighted by Crippen LogP contribution is -2.42. The summed E-state index contributed by atoms with van der Waals surface area (Å²) in [6.07, 6.45) is 12.6. The number of benzene rings is 1. The zero-order valence-electron chi connectivity index (χ0n) is 27.2. The maximum Gasteiger partial charge on any atom is 0.344 e. The van der Waals surface area contributed by atoms with Gasteiger partial charge in [0.25, 0.3) is 0 Å². The first-order valence-electron chi connectivity index (χ1n) is 16.5. The van der Waals surface area contributed by atoms with Crippen molar-refractivity contribution >= 4 is 5.97 Å². The van der Waals surface area contributed by atoms with Crippen molar-refractivity contribution in [3.05, 3.63) is 66.0 Å². The van der Waals surface area contributed by atoms with Gasteiger partial charge in [0.1, 0.15) is 11.6 Å². The predicted molar refractivity (Wildman–Crippen MR) is 171 cm³/mol. The van der Waals surface area contributed by atoms with Crippen LogP contribution in [-0.4, -0.2) is 92.7 Å². The number of piperidine rings is 1. The fourth-order valence-electron chi connectivity index (χ4n) is 6.83. The predicted octanol–water partition coefficient (Wildman–Crippen LogP) is 4.72. The second kappa shape index (κ2) is 15.8. The third kappa shape index (κ3) is 9.61. The number of hydrogen-bond acceptors (Lipinski definition) is 8. The Kier molecular flexibility index (Phi) is 11.6. The number of halogens is 1. The first-order valence-corrected chi connectivity index (χ1v) is 16.5. The minimum atomic E-state index is -0.528. The number of imidazole rings is 2. The van der Waals surface area contributed by atoms with Crippen molar-refractivity contribution < 1.29 is 18.7 Å². The van der Waals surface area contributed by atoms with Gasteiger partial charge in [-0.3, -0.25) is 4.90 Å². The molecule has 1 spiro atoms. The fourth-order valence-corrected chi connectivity index (χ4v) is 6.83. The molecule has 2 aromatic heterocycles. The number of nitrogens with zero attached hydrogens (tertiary/aromatic N) is 6. The summed E-state index contributed by atoms with van der Waals surface area (Å²) in [7, 11) is 0. The van der Waals surface area contributed by atoms with E-state index in [1.165, 1.54) is 58.1 Å². The average molecular weight is 624 g/mol. The standard InChI is InChI=1S/C34H50FN7O3/c1-4-44-33(43)25-45-30-20-28(6-7-29(30)35)22-41(23-31-36-11-12-37-31)24-32-38-13-19-42(32)15-5-14-40-18-10-34(26-40)8-16-39(17-9-34)21-27(2)3/h6-7,11-13,19-20,27H,4-5,8-10,14-18,21-26H2,1-3H3,(H,36,37). The average Bonchev–Trinajstić information content (AvgIpc) is 3.78. The van der Waals surface area contributed by atoms with Gasteiger partial charge in [-0.05, 0) is 87.8 Å². The van der Waals surface area contributed by atoms with Crippen molar-refractivity contribution in [2.45, 2.75) is 72.6 Å². The summed E-state index contributed by atoms with van der Waals surface area (Å²) in [4.78, 5) is 31.6. The molecule has 2 fully saturated rings. The number of carbonyl (C=O) groups is 1. The van der Waals surface area contributed by atoms with Gasteiger partial charge in [0, 0.05) is 51.0 Å². The smallest absolute Gasteiger partial charge is 0.344 e. The lowest BCUT2D eigenvalue weighted by molar-refractivity contribution is -0.145. The highest BCUT2D eigenvalue weighted by atomic mass is 19.1. The SMILES string of the molecule is CCOC(=O)COc1cc(CN(Cc2ncc[nH]2)Cc2nccn2CCCN2CCC3(CCN(CC(C)C)CC3)C2)ccc1F. The Morgan fingerprint density at radius 3 is 2.60 bits per heavy atom. The van der Waals surface area contributed by atoms with Gasteiger partial charge in [-0.25, -0.2) is 19.2 Å². The summed E-state index contributed by atoms with van der Waals surface area (Å²) in [5.41, 5.74) is 1.38. The fraction of sp³-hybridized carbons (Fsp3) is 0.618. The Morgan fingerprint density at radius 1 is 1.07 bits per heavy atom. The molecular weight excluding hydrogens is 573 g/mol. The topological polar surface area (TPSA) is 91.8 Å². The first kappa shape index (κ1) is 33.1. The van der Waals surface area contributed by atoms with Crippen molar-refractivity contribution in [2.75, 3.05) is 52.5 Å². The number of aryl methyl sites for hydroxylation is 1. The molecule has 1 N–H and O–H groups in total. The molecule has 0 saturated carbocycles. The molecule has 10 nitrogen and oxygen atoms in total. The maximum atomic E-state index is 14.5. The molecule has 0 bridgehead atoms. The van der Waals surface area contributed by atoms with Gasteiger partial charge in [-0.15, -0.1) is 0 Å². The molecule has 2 aliphatic rings. The number of esters is 1. The Bertz CT molecular complexity index is 1340. The molecule has 1 aromatic carbocycles. The van der Waals surface area contributed by atoms with Gasteiger partial charge >= 0.3 is 5.97 Å². The van der Waals surface area contributed by atoms with Gasteiger partial charge < -0.3 is 28.8 Å². The molecule has 45 heavy (non-hydrogen) atoms. The number of ether oxygens (including phenoxy) is 2. The van der Waals surface area contributed by atoms with Crippen molar-refractivity contribution in [1.82, 2.24) is 34.2 Å². The highest BCUT2D eigenvalue weighted by Gasteiger charge is 2.40. The van der Waals surface area contributed by atoms with Crippen LogP contribution in [0, 0.1) is 17.2 Å². The zero-order chi connectivity index (χ0) is 31.6. The number of likely N-dealkylation sites (tertiary alicyclic amines) is 2. The van der Waals surface area contributed by atoms with E-state index in [1.807, 2.05) is 12.4 Å². The van der Waals surface area contributed by atoms with Crippen LogP contribution in [0.3, 0.4) is 0 Å². The van der Waals surface area contributed by atoms with Gasteiger partial charge in [0.15, 0.2) is 18.2 Å². The van der Waals surface area contributed by atoms with Crippen molar-refractivity contribution in [3.8, 4) is 5.75 Å². The van der Waals surface area contributed by atoms with E-state index in [9.17, 15) is 9.18 Å². The molecule has 0 aliphatic carbocycles. The van der Waals surface area contributed by atoms with Crippen LogP contribution in [0.2, 0.25) is 0 Å². The Morgan fingerprint density at radius 2 is 1.87 bits per heavy atom. The minimum absolute atomic E-state index is 0.0322. The van der Waals surface area contributed by atoms with Crippen molar-refractivity contribution in [2.24, 2.45) is 11.3 Å². The number of hydrogen-bond donors (Lipinski definition) is 1. The van der Waals surface area contributed by atoms with E-state index in [4.69, 9.17) is 14.5 Å². The van der Waals surface area contributed by atoms with Crippen LogP contribution in [0.4, 0.5) is 4.39 Å². The van der Waals surface area contributed by atoms with Gasteiger partial charge in [0.2, 0.25) is 0 Å². The number of H-pyrrole nitrogens is 1. The number of nitrogens with one attached hydrogen (secondary N) is 1. The van der Waals surface area contributed by atoms with Crippen LogP contribution < -0.4 is 4.74 Å². The molecule has 4 heterocycles. The largest absolute Gasteiger partial charge is 0.479 e. The molecule has 3 aromatic rings. The summed E-state index contributed by atoms with van der Waals surface area (Å²) in [5.74, 6) is 1.55. The van der Waals surface area contributed by atoms with Gasteiger partial charge in [-0.1, -0.05) is 19.9 Å². The van der Waals surface area contributed by atoms with Gasteiger partial charge in [0.05, 0.1) is 19.7 Å². The van der Waals surface area contributed by atoms with E-state index in [-0.39, 0.29) is 19.0 Å². The molecule has 2 saturated heterocycles. The number of carbonyl (C=O) groups excluding carboxylic acids is 1. The number of aromatic nitrogens is 4. The Labute approximate surface area is 266 Å². The zero-order valence-corrected chi connectivity index (χ0v) is 27.2. The Hall–Kier alpha value is -3.28. The summed E-state index contributed by atoms with van der Waals surface area (Å²) < 4.78 is 27.1. The number of rotatable bonds is 16. The monoisotopic (exact) mass is 623 g/mol. The minimum Gasteiger partial charge on any atom is -0.479 e. The molecule has 0 unspecified atom stereocenters. The highest BCUT2D eigenvalue weighted by Crippen LogP contribution is 2.40. The summed E-state index contributed by atoms with van der Waals surface area (Å²) >= 11 is 0.